The lowest BCUT2D eigenvalue weighted by molar-refractivity contribution is -0.168. The summed E-state index contributed by atoms with van der Waals surface area (Å²) < 4.78 is 5.91. The number of guanidine groups is 1. The number of hydrogen-bond acceptors (Lipinski definition) is 2. The van der Waals surface area contributed by atoms with Crippen LogP contribution in [0.3, 0.4) is 0 Å². The van der Waals surface area contributed by atoms with Crippen molar-refractivity contribution < 1.29 is 4.74 Å². The Labute approximate surface area is 145 Å². The summed E-state index contributed by atoms with van der Waals surface area (Å²) in [5.41, 5.74) is 0.407. The van der Waals surface area contributed by atoms with Gasteiger partial charge in [0.1, 0.15) is 0 Å². The third kappa shape index (κ3) is 3.33. The molecule has 5 heteroatoms. The van der Waals surface area contributed by atoms with E-state index in [-0.39, 0.29) is 24.0 Å². The molecule has 0 saturated heterocycles. The molecule has 4 nitrogen and oxygen atoms in total. The summed E-state index contributed by atoms with van der Waals surface area (Å²) >= 11 is 0. The summed E-state index contributed by atoms with van der Waals surface area (Å²) in [5, 5.41) is 7.15. The maximum atomic E-state index is 5.91. The van der Waals surface area contributed by atoms with Crippen LogP contribution in [0.4, 0.5) is 0 Å². The van der Waals surface area contributed by atoms with Crippen molar-refractivity contribution in [3.8, 4) is 0 Å². The summed E-state index contributed by atoms with van der Waals surface area (Å²) in [6, 6.07) is 0.556. The second-order valence-corrected chi connectivity index (χ2v) is 6.71. The van der Waals surface area contributed by atoms with Crippen molar-refractivity contribution in [2.75, 3.05) is 20.2 Å². The number of nitrogens with one attached hydrogen (secondary N) is 2. The molecule has 3 fully saturated rings. The van der Waals surface area contributed by atoms with Crippen molar-refractivity contribution in [1.29, 1.82) is 0 Å². The fourth-order valence-electron chi connectivity index (χ4n) is 3.94. The van der Waals surface area contributed by atoms with Crippen LogP contribution in [0.25, 0.3) is 0 Å². The summed E-state index contributed by atoms with van der Waals surface area (Å²) in [4.78, 5) is 4.39. The largest absolute Gasteiger partial charge is 0.378 e. The van der Waals surface area contributed by atoms with Gasteiger partial charge >= 0.3 is 0 Å². The van der Waals surface area contributed by atoms with Crippen LogP contribution in [-0.2, 0) is 4.74 Å². The van der Waals surface area contributed by atoms with Gasteiger partial charge < -0.3 is 15.4 Å². The van der Waals surface area contributed by atoms with Gasteiger partial charge in [-0.1, -0.05) is 12.8 Å². The first-order chi connectivity index (χ1) is 9.78. The van der Waals surface area contributed by atoms with Gasteiger partial charge in [-0.25, -0.2) is 0 Å². The Morgan fingerprint density at radius 2 is 2.05 bits per heavy atom. The zero-order valence-electron chi connectivity index (χ0n) is 13.4. The SMILES string of the molecule is CCOC1CC(NC(=NC)NCC2CCC2)C12CCC2.I. The molecule has 3 saturated carbocycles. The number of hydrogen-bond donors (Lipinski definition) is 2. The Bertz CT molecular complexity index is 367. The van der Waals surface area contributed by atoms with Crippen molar-refractivity contribution in [3.63, 3.8) is 0 Å². The summed E-state index contributed by atoms with van der Waals surface area (Å²) in [7, 11) is 1.88. The predicted octanol–water partition coefficient (Wildman–Crippen LogP) is 2.92. The van der Waals surface area contributed by atoms with E-state index in [9.17, 15) is 0 Å². The molecule has 1 spiro atoms. The highest BCUT2D eigenvalue weighted by molar-refractivity contribution is 14.0. The normalized spacial score (nSPS) is 30.7. The minimum absolute atomic E-state index is 0. The van der Waals surface area contributed by atoms with E-state index in [1.165, 1.54) is 38.5 Å². The average molecular weight is 407 g/mol. The molecule has 0 aromatic carbocycles. The highest BCUT2D eigenvalue weighted by Gasteiger charge is 2.59. The maximum Gasteiger partial charge on any atom is 0.191 e. The molecule has 3 rings (SSSR count). The van der Waals surface area contributed by atoms with E-state index in [2.05, 4.69) is 22.5 Å². The Balaban J connectivity index is 0.00000161. The predicted molar refractivity (Wildman–Crippen MR) is 97.4 cm³/mol. The zero-order valence-corrected chi connectivity index (χ0v) is 15.7. The molecule has 3 aliphatic carbocycles. The van der Waals surface area contributed by atoms with Crippen LogP contribution in [0.1, 0.15) is 51.9 Å². The molecular formula is C16H30IN3O. The Morgan fingerprint density at radius 1 is 1.29 bits per heavy atom. The van der Waals surface area contributed by atoms with E-state index in [1.807, 2.05) is 7.05 Å². The van der Waals surface area contributed by atoms with Crippen LogP contribution >= 0.6 is 24.0 Å². The van der Waals surface area contributed by atoms with E-state index in [1.54, 1.807) is 0 Å². The van der Waals surface area contributed by atoms with Gasteiger partial charge in [0, 0.05) is 31.7 Å². The van der Waals surface area contributed by atoms with Crippen LogP contribution in [0.15, 0.2) is 4.99 Å². The molecule has 3 aliphatic rings. The second-order valence-electron chi connectivity index (χ2n) is 6.71. The first kappa shape index (κ1) is 17.3. The molecule has 0 aromatic rings. The van der Waals surface area contributed by atoms with Crippen LogP contribution in [0.5, 0.6) is 0 Å². The van der Waals surface area contributed by atoms with E-state index >= 15 is 0 Å². The summed E-state index contributed by atoms with van der Waals surface area (Å²) in [6.45, 7) is 4.02. The van der Waals surface area contributed by atoms with E-state index < -0.39 is 0 Å². The molecule has 0 aromatic heterocycles. The van der Waals surface area contributed by atoms with Gasteiger partial charge in [-0.15, -0.1) is 24.0 Å². The van der Waals surface area contributed by atoms with E-state index in [4.69, 9.17) is 4.74 Å². The first-order valence-electron chi connectivity index (χ1n) is 8.37. The lowest BCUT2D eigenvalue weighted by Crippen LogP contribution is -2.68. The minimum Gasteiger partial charge on any atom is -0.378 e. The van der Waals surface area contributed by atoms with Gasteiger partial charge in [0.25, 0.3) is 0 Å². The summed E-state index contributed by atoms with van der Waals surface area (Å²) in [6.07, 6.45) is 9.76. The summed E-state index contributed by atoms with van der Waals surface area (Å²) in [5.74, 6) is 1.85. The van der Waals surface area contributed by atoms with Crippen molar-refractivity contribution in [2.45, 2.75) is 64.0 Å². The average Bonchev–Trinajstić information content (AvgIpc) is 2.31. The number of halogens is 1. The third-order valence-corrected chi connectivity index (χ3v) is 5.75. The van der Waals surface area contributed by atoms with Gasteiger partial charge in [-0.3, -0.25) is 4.99 Å². The molecular weight excluding hydrogens is 377 g/mol. The highest BCUT2D eigenvalue weighted by atomic mass is 127. The topological polar surface area (TPSA) is 45.6 Å². The monoisotopic (exact) mass is 407 g/mol. The van der Waals surface area contributed by atoms with Crippen molar-refractivity contribution in [1.82, 2.24) is 10.6 Å². The third-order valence-electron chi connectivity index (χ3n) is 5.75. The standard InChI is InChI=1S/C16H29N3O.HI/c1-3-20-14-10-13(16(14)8-5-9-16)19-15(17-2)18-11-12-6-4-7-12;/h12-14H,3-11H2,1-2H3,(H2,17,18,19);1H. The molecule has 0 amide bonds. The van der Waals surface area contributed by atoms with Crippen LogP contribution < -0.4 is 10.6 Å². The van der Waals surface area contributed by atoms with E-state index in [0.29, 0.717) is 17.6 Å². The Morgan fingerprint density at radius 3 is 2.52 bits per heavy atom. The fraction of sp³-hybridized carbons (Fsp3) is 0.938. The van der Waals surface area contributed by atoms with Crippen LogP contribution in [0, 0.1) is 11.3 Å². The molecule has 2 atom stereocenters. The van der Waals surface area contributed by atoms with Gasteiger partial charge in [0.2, 0.25) is 0 Å². The number of aliphatic imine (C=N–C) groups is 1. The molecule has 2 N–H and O–H groups in total. The van der Waals surface area contributed by atoms with Crippen LogP contribution in [0.2, 0.25) is 0 Å². The lowest BCUT2D eigenvalue weighted by atomic mass is 9.51. The fourth-order valence-corrected chi connectivity index (χ4v) is 3.94. The zero-order chi connectivity index (χ0) is 14.0. The first-order valence-corrected chi connectivity index (χ1v) is 8.37. The molecule has 122 valence electrons. The van der Waals surface area contributed by atoms with Gasteiger partial charge in [-0.2, -0.15) is 0 Å². The van der Waals surface area contributed by atoms with Crippen molar-refractivity contribution in [3.05, 3.63) is 0 Å². The quantitative estimate of drug-likeness (QED) is 0.419. The Hall–Kier alpha value is -0.0400. The lowest BCUT2D eigenvalue weighted by Gasteiger charge is -2.61. The number of rotatable bonds is 5. The van der Waals surface area contributed by atoms with E-state index in [0.717, 1.165) is 31.4 Å². The number of ether oxygens (including phenoxy) is 1. The molecule has 0 bridgehead atoms. The van der Waals surface area contributed by atoms with Crippen molar-refractivity contribution >= 4 is 29.9 Å². The van der Waals surface area contributed by atoms with Crippen LogP contribution in [-0.4, -0.2) is 38.3 Å². The van der Waals surface area contributed by atoms with Gasteiger partial charge in [0.15, 0.2) is 5.96 Å². The molecule has 2 unspecified atom stereocenters. The second kappa shape index (κ2) is 7.49. The molecule has 0 heterocycles. The smallest absolute Gasteiger partial charge is 0.191 e. The highest BCUT2D eigenvalue weighted by Crippen LogP contribution is 2.57. The maximum absolute atomic E-state index is 5.91. The number of nitrogens with zero attached hydrogens (tertiary/aromatic N) is 1. The van der Waals surface area contributed by atoms with Gasteiger partial charge in [-0.05, 0) is 44.9 Å². The molecule has 0 radical (unpaired) electrons. The molecule has 0 aliphatic heterocycles. The minimum atomic E-state index is 0. The Kier molecular flexibility index (Phi) is 6.17. The van der Waals surface area contributed by atoms with Crippen molar-refractivity contribution in [2.24, 2.45) is 16.3 Å². The molecule has 21 heavy (non-hydrogen) atoms. The van der Waals surface area contributed by atoms with Gasteiger partial charge in [0.05, 0.1) is 6.10 Å².